The number of imidazole rings is 1. The molecule has 1 aliphatic carbocycles. The van der Waals surface area contributed by atoms with E-state index in [2.05, 4.69) is 15.6 Å². The molecule has 0 unspecified atom stereocenters. The Hall–Kier alpha value is -5.08. The maximum absolute atomic E-state index is 15.3. The van der Waals surface area contributed by atoms with Gasteiger partial charge in [0.05, 0.1) is 34.1 Å². The molecule has 3 aromatic heterocycles. The Labute approximate surface area is 302 Å². The molecule has 0 spiro atoms. The smallest absolute Gasteiger partial charge is 0.381 e. The maximum atomic E-state index is 15.3. The number of aromatic nitrogens is 3. The third-order valence-corrected chi connectivity index (χ3v) is 10.5. The second-order valence-electron chi connectivity index (χ2n) is 13.8. The first kappa shape index (κ1) is 36.3. The van der Waals surface area contributed by atoms with Crippen LogP contribution in [0.3, 0.4) is 0 Å². The molecule has 14 heteroatoms. The summed E-state index contributed by atoms with van der Waals surface area (Å²) in [6.45, 7) is 2.43. The van der Waals surface area contributed by atoms with Crippen LogP contribution >= 0.6 is 0 Å². The van der Waals surface area contributed by atoms with E-state index >= 15 is 8.78 Å². The summed E-state index contributed by atoms with van der Waals surface area (Å²) in [5.74, 6) is -3.24. The second-order valence-corrected chi connectivity index (χ2v) is 13.8. The van der Waals surface area contributed by atoms with Gasteiger partial charge in [-0.15, -0.1) is 0 Å². The van der Waals surface area contributed by atoms with E-state index in [-0.39, 0.29) is 28.5 Å². The van der Waals surface area contributed by atoms with Crippen molar-refractivity contribution >= 4 is 39.6 Å². The van der Waals surface area contributed by atoms with Crippen molar-refractivity contribution < 1.29 is 36.3 Å². The minimum atomic E-state index is -4.72. The molecule has 0 bridgehead atoms. The van der Waals surface area contributed by atoms with Crippen molar-refractivity contribution in [2.24, 2.45) is 7.05 Å². The lowest BCUT2D eigenvalue weighted by Gasteiger charge is -2.28. The third-order valence-electron chi connectivity index (χ3n) is 10.5. The monoisotopic (exact) mass is 734 g/mol. The van der Waals surface area contributed by atoms with E-state index in [0.29, 0.717) is 59.2 Å². The fraction of sp³-hybridized carbons (Fsp3) is 0.359. The van der Waals surface area contributed by atoms with Gasteiger partial charge in [0.1, 0.15) is 28.7 Å². The predicted octanol–water partition coefficient (Wildman–Crippen LogP) is 7.36. The number of amides is 1. The van der Waals surface area contributed by atoms with Crippen LogP contribution in [0.1, 0.15) is 58.7 Å². The van der Waals surface area contributed by atoms with Crippen molar-refractivity contribution in [1.29, 1.82) is 0 Å². The van der Waals surface area contributed by atoms with Gasteiger partial charge in [-0.05, 0) is 74.9 Å². The van der Waals surface area contributed by atoms with Gasteiger partial charge in [-0.2, -0.15) is 13.2 Å². The van der Waals surface area contributed by atoms with E-state index in [9.17, 15) is 22.8 Å². The molecule has 4 heterocycles. The summed E-state index contributed by atoms with van der Waals surface area (Å²) >= 11 is 0. The fourth-order valence-corrected chi connectivity index (χ4v) is 7.64. The average Bonchev–Trinajstić information content (AvgIpc) is 3.64. The average molecular weight is 735 g/mol. The van der Waals surface area contributed by atoms with Gasteiger partial charge in [-0.1, -0.05) is 12.1 Å². The molecule has 0 atom stereocenters. The number of carbonyl (C=O) groups is 2. The van der Waals surface area contributed by atoms with Gasteiger partial charge < -0.3 is 29.2 Å². The molecule has 0 radical (unpaired) electrons. The minimum absolute atomic E-state index is 0.0213. The molecular formula is C39H39F5N6O3. The number of benzene rings is 2. The van der Waals surface area contributed by atoms with Crippen molar-refractivity contribution in [3.8, 4) is 11.1 Å². The topological polar surface area (TPSA) is 92.9 Å². The van der Waals surface area contributed by atoms with Crippen LogP contribution < -0.4 is 15.5 Å². The van der Waals surface area contributed by atoms with Crippen molar-refractivity contribution in [1.82, 2.24) is 19.3 Å². The first-order valence-electron chi connectivity index (χ1n) is 17.5. The van der Waals surface area contributed by atoms with Crippen LogP contribution in [0.5, 0.6) is 0 Å². The number of pyridine rings is 1. The molecule has 7 rings (SSSR count). The number of fused-ring (bicyclic) bond motifs is 4. The minimum Gasteiger partial charge on any atom is -0.381 e. The van der Waals surface area contributed by atoms with E-state index in [1.807, 2.05) is 0 Å². The summed E-state index contributed by atoms with van der Waals surface area (Å²) in [4.78, 5) is 32.9. The highest BCUT2D eigenvalue weighted by atomic mass is 19.4. The first-order valence-corrected chi connectivity index (χ1v) is 17.5. The molecule has 1 aliphatic heterocycles. The number of carbonyl (C=O) groups excluding carboxylic acids is 2. The van der Waals surface area contributed by atoms with Crippen LogP contribution in [0.2, 0.25) is 0 Å². The third kappa shape index (κ3) is 6.69. The number of aryl methyl sites for hydroxylation is 2. The molecular weight excluding hydrogens is 695 g/mol. The largest absolute Gasteiger partial charge is 0.417 e. The molecule has 5 aromatic rings. The number of methoxy groups -OCH3 is 1. The van der Waals surface area contributed by atoms with Crippen LogP contribution in [-0.2, 0) is 29.2 Å². The van der Waals surface area contributed by atoms with Gasteiger partial charge in [-0.3, -0.25) is 9.59 Å². The van der Waals surface area contributed by atoms with Gasteiger partial charge in [0.25, 0.3) is 0 Å². The number of hydrogen-bond acceptors (Lipinski definition) is 6. The standard InChI is InChI=1S/C39H39F5N6O3/c1-21-46-35-30(49(21)3)20-27(39(42,43)44)33-26-7-6-15-50-31(19-22(36(26)50)13-16-48(2)37(33)35)38(52)23-17-28(40)34(29(41)18-23)47-32(51)8-5-14-45-24-9-11-25(53-4)12-10-24/h5-8,15,17-20,24-25,45H,9-14,16H2,1-4H3,(H,47,51)/b8-5+. The lowest BCUT2D eigenvalue weighted by molar-refractivity contribution is -0.137. The van der Waals surface area contributed by atoms with Gasteiger partial charge in [-0.25, -0.2) is 13.8 Å². The second kappa shape index (κ2) is 14.0. The van der Waals surface area contributed by atoms with Crippen molar-refractivity contribution in [3.05, 3.63) is 94.6 Å². The molecule has 2 aliphatic rings. The maximum Gasteiger partial charge on any atom is 0.417 e. The molecule has 2 aromatic carbocycles. The summed E-state index contributed by atoms with van der Waals surface area (Å²) in [6, 6.07) is 7.76. The van der Waals surface area contributed by atoms with Gasteiger partial charge in [0, 0.05) is 69.3 Å². The Balaban J connectivity index is 1.19. The summed E-state index contributed by atoms with van der Waals surface area (Å²) < 4.78 is 83.8. The predicted molar refractivity (Wildman–Crippen MR) is 192 cm³/mol. The Bertz CT molecular complexity index is 2260. The number of rotatable bonds is 8. The lowest BCUT2D eigenvalue weighted by Crippen LogP contribution is -2.35. The molecule has 53 heavy (non-hydrogen) atoms. The molecule has 1 fully saturated rings. The van der Waals surface area contributed by atoms with Crippen LogP contribution in [-0.4, -0.2) is 65.0 Å². The Kier molecular flexibility index (Phi) is 9.62. The van der Waals surface area contributed by atoms with Crippen molar-refractivity contribution in [2.75, 3.05) is 37.5 Å². The van der Waals surface area contributed by atoms with Crippen molar-refractivity contribution in [2.45, 2.75) is 57.3 Å². The summed E-state index contributed by atoms with van der Waals surface area (Å²) in [5.41, 5.74) is 0.402. The molecule has 1 saturated carbocycles. The zero-order chi connectivity index (χ0) is 37.8. The van der Waals surface area contributed by atoms with Gasteiger partial charge >= 0.3 is 6.18 Å². The number of nitrogens with one attached hydrogen (secondary N) is 2. The molecule has 9 nitrogen and oxygen atoms in total. The SMILES string of the molecule is COC1CCC(NC/C=C/C(=O)Nc2c(F)cc(C(=O)c3cc4c5c(cccn35)-c3c(C(F)(F)F)cc5c(nc(C)n5C)c3N(C)CC4)cc2F)CC1. The molecule has 278 valence electrons. The molecule has 1 amide bonds. The van der Waals surface area contributed by atoms with Crippen LogP contribution in [0, 0.1) is 18.6 Å². The zero-order valence-electron chi connectivity index (χ0n) is 29.7. The van der Waals surface area contributed by atoms with E-state index < -0.39 is 40.8 Å². The number of ketones is 1. The van der Waals surface area contributed by atoms with Gasteiger partial charge in [0.2, 0.25) is 11.7 Å². The Morgan fingerprint density at radius 2 is 1.77 bits per heavy atom. The fourth-order valence-electron chi connectivity index (χ4n) is 7.64. The van der Waals surface area contributed by atoms with E-state index in [1.54, 1.807) is 62.0 Å². The summed E-state index contributed by atoms with van der Waals surface area (Å²) in [7, 11) is 5.08. The quantitative estimate of drug-likeness (QED) is 0.0984. The highest BCUT2D eigenvalue weighted by molar-refractivity contribution is 6.11. The highest BCUT2D eigenvalue weighted by Gasteiger charge is 2.39. The summed E-state index contributed by atoms with van der Waals surface area (Å²) in [5, 5.41) is 5.55. The summed E-state index contributed by atoms with van der Waals surface area (Å²) in [6.07, 6.45) is 3.98. The number of halogens is 5. The van der Waals surface area contributed by atoms with Crippen LogP contribution in [0.4, 0.5) is 33.3 Å². The van der Waals surface area contributed by atoms with E-state index in [1.165, 1.54) is 16.5 Å². The number of nitrogens with zero attached hydrogens (tertiary/aromatic N) is 4. The normalized spacial score (nSPS) is 17.7. The van der Waals surface area contributed by atoms with E-state index in [0.717, 1.165) is 43.9 Å². The molecule has 2 N–H and O–H groups in total. The number of hydrogen-bond donors (Lipinski definition) is 2. The number of anilines is 2. The zero-order valence-corrected chi connectivity index (χ0v) is 29.7. The molecule has 0 saturated heterocycles. The Morgan fingerprint density at radius 1 is 1.06 bits per heavy atom. The highest BCUT2D eigenvalue weighted by Crippen LogP contribution is 2.48. The van der Waals surface area contributed by atoms with E-state index in [4.69, 9.17) is 4.74 Å². The van der Waals surface area contributed by atoms with Gasteiger partial charge in [0.15, 0.2) is 0 Å². The Morgan fingerprint density at radius 3 is 2.45 bits per heavy atom. The van der Waals surface area contributed by atoms with Crippen molar-refractivity contribution in [3.63, 3.8) is 0 Å². The van der Waals surface area contributed by atoms with Crippen LogP contribution in [0.25, 0.3) is 27.7 Å². The number of ether oxygens (including phenoxy) is 1. The number of alkyl halides is 3. The first-order chi connectivity index (χ1) is 25.3. The van der Waals surface area contributed by atoms with Crippen LogP contribution in [0.15, 0.2) is 54.7 Å². The lowest BCUT2D eigenvalue weighted by atomic mass is 9.92. The number of likely N-dealkylation sites (N-methyl/N-ethyl adjacent to an activating group) is 1.